The van der Waals surface area contributed by atoms with E-state index in [9.17, 15) is 8.42 Å². The van der Waals surface area contributed by atoms with E-state index in [1.54, 1.807) is 0 Å². The van der Waals surface area contributed by atoms with Crippen LogP contribution in [0.3, 0.4) is 0 Å². The van der Waals surface area contributed by atoms with E-state index in [1.807, 2.05) is 0 Å². The van der Waals surface area contributed by atoms with Crippen LogP contribution >= 0.6 is 0 Å². The van der Waals surface area contributed by atoms with Crippen molar-refractivity contribution in [3.05, 3.63) is 24.0 Å². The molecule has 1 aromatic rings. The zero-order chi connectivity index (χ0) is 9.19. The maximum Gasteiger partial charge on any atom is 0.239 e. The van der Waals surface area contributed by atoms with Crippen molar-refractivity contribution >= 4 is 10.0 Å². The Bertz CT molecular complexity index is 374. The van der Waals surface area contributed by atoms with Gasteiger partial charge in [0, 0.05) is 12.4 Å². The molecule has 6 heteroatoms. The number of hydrogen-bond acceptors (Lipinski definition) is 4. The third kappa shape index (κ3) is 2.00. The third-order valence-corrected chi connectivity index (χ3v) is 2.16. The maximum absolute atomic E-state index is 10.8. The molecule has 0 spiro atoms. The van der Waals surface area contributed by atoms with Crippen LogP contribution < -0.4 is 5.14 Å². The molecule has 0 saturated carbocycles. The van der Waals surface area contributed by atoms with Gasteiger partial charge in [-0.2, -0.15) is 0 Å². The summed E-state index contributed by atoms with van der Waals surface area (Å²) < 4.78 is 21.5. The zero-order valence-corrected chi connectivity index (χ0v) is 6.95. The molecule has 0 amide bonds. The zero-order valence-electron chi connectivity index (χ0n) is 6.14. The number of pyridine rings is 1. The second kappa shape index (κ2) is 3.18. The number of primary sulfonamides is 1. The van der Waals surface area contributed by atoms with E-state index in [-0.39, 0.29) is 11.5 Å². The molecule has 1 aromatic heterocycles. The minimum atomic E-state index is -3.71. The van der Waals surface area contributed by atoms with Crippen LogP contribution in [0.2, 0.25) is 0 Å². The standard InChI is InChI=1S/C6H8N2O3S/c7-12(10,11)6-1-5(4-9)2-8-3-6/h1-3,9H,4H2,(H2,7,10,11). The van der Waals surface area contributed by atoms with Crippen molar-refractivity contribution in [3.8, 4) is 0 Å². The number of aliphatic hydroxyl groups excluding tert-OH is 1. The van der Waals surface area contributed by atoms with Gasteiger partial charge in [0.2, 0.25) is 10.0 Å². The van der Waals surface area contributed by atoms with Gasteiger partial charge in [-0.3, -0.25) is 4.98 Å². The number of nitrogens with zero attached hydrogens (tertiary/aromatic N) is 1. The Hall–Kier alpha value is -0.980. The van der Waals surface area contributed by atoms with Crippen LogP contribution in [-0.2, 0) is 16.6 Å². The van der Waals surface area contributed by atoms with Gasteiger partial charge in [-0.05, 0) is 11.6 Å². The van der Waals surface area contributed by atoms with E-state index in [4.69, 9.17) is 10.2 Å². The number of sulfonamides is 1. The van der Waals surface area contributed by atoms with Crippen LogP contribution in [0.5, 0.6) is 0 Å². The summed E-state index contributed by atoms with van der Waals surface area (Å²) in [6, 6.07) is 1.28. The van der Waals surface area contributed by atoms with Crippen molar-refractivity contribution in [2.24, 2.45) is 5.14 Å². The van der Waals surface area contributed by atoms with Crippen LogP contribution in [0.25, 0.3) is 0 Å². The summed E-state index contributed by atoms with van der Waals surface area (Å²) in [6.07, 6.45) is 2.50. The summed E-state index contributed by atoms with van der Waals surface area (Å²) in [7, 11) is -3.71. The van der Waals surface area contributed by atoms with Gasteiger partial charge in [-0.1, -0.05) is 0 Å². The molecule has 0 aliphatic heterocycles. The molecule has 3 N–H and O–H groups in total. The molecule has 0 saturated heterocycles. The molecular formula is C6H8N2O3S. The van der Waals surface area contributed by atoms with Crippen LogP contribution in [-0.4, -0.2) is 18.5 Å². The molecule has 0 bridgehead atoms. The summed E-state index contributed by atoms with van der Waals surface area (Å²) in [5, 5.41) is 13.5. The molecule has 0 unspecified atom stereocenters. The fraction of sp³-hybridized carbons (Fsp3) is 0.167. The van der Waals surface area contributed by atoms with Crippen molar-refractivity contribution in [1.29, 1.82) is 0 Å². The topological polar surface area (TPSA) is 93.3 Å². The van der Waals surface area contributed by atoms with Crippen LogP contribution in [0.4, 0.5) is 0 Å². The van der Waals surface area contributed by atoms with Gasteiger partial charge in [0.05, 0.1) is 6.61 Å². The molecule has 0 fully saturated rings. The lowest BCUT2D eigenvalue weighted by Gasteiger charge is -1.98. The first kappa shape index (κ1) is 9.11. The molecular weight excluding hydrogens is 180 g/mol. The second-order valence-electron chi connectivity index (χ2n) is 2.23. The van der Waals surface area contributed by atoms with E-state index < -0.39 is 10.0 Å². The predicted octanol–water partition coefficient (Wildman–Crippen LogP) is -0.779. The average molecular weight is 188 g/mol. The fourth-order valence-corrected chi connectivity index (χ4v) is 1.23. The van der Waals surface area contributed by atoms with Gasteiger partial charge in [0.1, 0.15) is 4.90 Å². The molecule has 1 rings (SSSR count). The van der Waals surface area contributed by atoms with Crippen molar-refractivity contribution in [2.75, 3.05) is 0 Å². The first-order valence-corrected chi connectivity index (χ1v) is 4.66. The molecule has 0 atom stereocenters. The smallest absolute Gasteiger partial charge is 0.239 e. The molecule has 66 valence electrons. The number of hydrogen-bond donors (Lipinski definition) is 2. The van der Waals surface area contributed by atoms with Crippen LogP contribution in [0, 0.1) is 0 Å². The SMILES string of the molecule is NS(=O)(=O)c1cncc(CO)c1. The lowest BCUT2D eigenvalue weighted by Crippen LogP contribution is -2.12. The highest BCUT2D eigenvalue weighted by Gasteiger charge is 2.07. The Kier molecular flexibility index (Phi) is 2.41. The Morgan fingerprint density at radius 1 is 1.50 bits per heavy atom. The van der Waals surface area contributed by atoms with Crippen molar-refractivity contribution in [1.82, 2.24) is 4.98 Å². The molecule has 1 heterocycles. The van der Waals surface area contributed by atoms with Gasteiger partial charge in [0.25, 0.3) is 0 Å². The highest BCUT2D eigenvalue weighted by molar-refractivity contribution is 7.89. The van der Waals surface area contributed by atoms with E-state index in [0.29, 0.717) is 5.56 Å². The second-order valence-corrected chi connectivity index (χ2v) is 3.79. The maximum atomic E-state index is 10.8. The average Bonchev–Trinajstić information content (AvgIpc) is 2.03. The fourth-order valence-electron chi connectivity index (χ4n) is 0.706. The summed E-state index contributed by atoms with van der Waals surface area (Å²) in [4.78, 5) is 3.51. The first-order valence-electron chi connectivity index (χ1n) is 3.11. The normalized spacial score (nSPS) is 11.5. The quantitative estimate of drug-likeness (QED) is 0.636. The van der Waals surface area contributed by atoms with Gasteiger partial charge in [0.15, 0.2) is 0 Å². The Labute approximate surface area is 69.9 Å². The van der Waals surface area contributed by atoms with Crippen molar-refractivity contribution in [2.45, 2.75) is 11.5 Å². The predicted molar refractivity (Wildman–Crippen MR) is 41.5 cm³/mol. The highest BCUT2D eigenvalue weighted by atomic mass is 32.2. The largest absolute Gasteiger partial charge is 0.392 e. The monoisotopic (exact) mass is 188 g/mol. The minimum Gasteiger partial charge on any atom is -0.392 e. The third-order valence-electron chi connectivity index (χ3n) is 1.28. The first-order chi connectivity index (χ1) is 5.54. The van der Waals surface area contributed by atoms with E-state index in [0.717, 1.165) is 6.20 Å². The molecule has 0 aliphatic carbocycles. The van der Waals surface area contributed by atoms with Gasteiger partial charge in [-0.25, -0.2) is 13.6 Å². The van der Waals surface area contributed by atoms with Gasteiger partial charge >= 0.3 is 0 Å². The molecule has 0 aromatic carbocycles. The Morgan fingerprint density at radius 3 is 2.67 bits per heavy atom. The summed E-state index contributed by atoms with van der Waals surface area (Å²) in [6.45, 7) is -0.254. The number of aliphatic hydroxyl groups is 1. The summed E-state index contributed by atoms with van der Waals surface area (Å²) in [5.41, 5.74) is 0.418. The molecule has 12 heavy (non-hydrogen) atoms. The van der Waals surface area contributed by atoms with Crippen LogP contribution in [0.15, 0.2) is 23.4 Å². The Balaban J connectivity index is 3.20. The summed E-state index contributed by atoms with van der Waals surface area (Å²) in [5.74, 6) is 0. The molecule has 5 nitrogen and oxygen atoms in total. The van der Waals surface area contributed by atoms with Crippen molar-refractivity contribution in [3.63, 3.8) is 0 Å². The minimum absolute atomic E-state index is 0.0888. The van der Waals surface area contributed by atoms with Gasteiger partial charge in [-0.15, -0.1) is 0 Å². The number of nitrogens with two attached hydrogens (primary N) is 1. The highest BCUT2D eigenvalue weighted by Crippen LogP contribution is 2.06. The van der Waals surface area contributed by atoms with Gasteiger partial charge < -0.3 is 5.11 Å². The van der Waals surface area contributed by atoms with E-state index in [1.165, 1.54) is 12.3 Å². The lowest BCUT2D eigenvalue weighted by molar-refractivity contribution is 0.281. The number of aromatic nitrogens is 1. The summed E-state index contributed by atoms with van der Waals surface area (Å²) >= 11 is 0. The Morgan fingerprint density at radius 2 is 2.17 bits per heavy atom. The van der Waals surface area contributed by atoms with E-state index >= 15 is 0 Å². The molecule has 0 aliphatic rings. The number of rotatable bonds is 2. The molecule has 0 radical (unpaired) electrons. The van der Waals surface area contributed by atoms with E-state index in [2.05, 4.69) is 4.98 Å². The van der Waals surface area contributed by atoms with Crippen molar-refractivity contribution < 1.29 is 13.5 Å². The van der Waals surface area contributed by atoms with Crippen LogP contribution in [0.1, 0.15) is 5.56 Å². The lowest BCUT2D eigenvalue weighted by atomic mass is 10.3.